The molecule has 3 rings (SSSR count). The molecule has 1 heterocycles. The first-order chi connectivity index (χ1) is 15.9. The van der Waals surface area contributed by atoms with Crippen molar-refractivity contribution in [1.82, 2.24) is 15.8 Å². The standard InChI is InChI=1S/C23H25N5O4S/c1-3-28(4-2)23-25-22(32)18(33-23)14-19(29)24-17-12-8-11-16(13-17)21(31)27-26-20(30)15-9-6-5-7-10-15/h5-13,18H,3-4,14H2,1-2H3,(H,24,29)(H,26,30)(H,27,31)/t18-/m1/s1. The highest BCUT2D eigenvalue weighted by atomic mass is 32.2. The van der Waals surface area contributed by atoms with Gasteiger partial charge in [0.15, 0.2) is 5.17 Å². The molecule has 9 nitrogen and oxygen atoms in total. The number of aliphatic imine (C=N–C) groups is 1. The molecule has 0 bridgehead atoms. The molecule has 0 fully saturated rings. The molecule has 1 aliphatic heterocycles. The predicted octanol–water partition coefficient (Wildman–Crippen LogP) is 2.43. The van der Waals surface area contributed by atoms with Crippen LogP contribution in [-0.4, -0.2) is 52.0 Å². The summed E-state index contributed by atoms with van der Waals surface area (Å²) in [4.78, 5) is 55.2. The van der Waals surface area contributed by atoms with Crippen molar-refractivity contribution in [2.24, 2.45) is 4.99 Å². The van der Waals surface area contributed by atoms with E-state index >= 15 is 0 Å². The lowest BCUT2D eigenvalue weighted by molar-refractivity contribution is -0.121. The molecule has 10 heteroatoms. The zero-order chi connectivity index (χ0) is 23.8. The van der Waals surface area contributed by atoms with Crippen molar-refractivity contribution >= 4 is 46.2 Å². The lowest BCUT2D eigenvalue weighted by Crippen LogP contribution is -2.41. The number of amides is 4. The van der Waals surface area contributed by atoms with Crippen molar-refractivity contribution < 1.29 is 19.2 Å². The van der Waals surface area contributed by atoms with Crippen LogP contribution in [0.5, 0.6) is 0 Å². The third kappa shape index (κ3) is 6.42. The van der Waals surface area contributed by atoms with Crippen LogP contribution in [0.25, 0.3) is 0 Å². The van der Waals surface area contributed by atoms with Crippen molar-refractivity contribution in [2.45, 2.75) is 25.5 Å². The van der Waals surface area contributed by atoms with Crippen LogP contribution in [0.3, 0.4) is 0 Å². The SMILES string of the molecule is CCN(CC)C1=NC(=O)[C@@H](CC(=O)Nc2cccc(C(=O)NNC(=O)c3ccccc3)c2)S1. The first-order valence-corrected chi connectivity index (χ1v) is 11.4. The fourth-order valence-electron chi connectivity index (χ4n) is 3.10. The Morgan fingerprint density at radius 1 is 0.939 bits per heavy atom. The molecular weight excluding hydrogens is 442 g/mol. The molecule has 33 heavy (non-hydrogen) atoms. The van der Waals surface area contributed by atoms with E-state index in [-0.39, 0.29) is 23.8 Å². The second-order valence-corrected chi connectivity index (χ2v) is 8.29. The summed E-state index contributed by atoms with van der Waals surface area (Å²) in [6.45, 7) is 5.42. The van der Waals surface area contributed by atoms with Gasteiger partial charge in [-0.15, -0.1) is 0 Å². The van der Waals surface area contributed by atoms with Gasteiger partial charge in [0.05, 0.1) is 0 Å². The predicted molar refractivity (Wildman–Crippen MR) is 128 cm³/mol. The normalized spacial score (nSPS) is 14.9. The topological polar surface area (TPSA) is 120 Å². The molecule has 4 amide bonds. The Morgan fingerprint density at radius 3 is 2.24 bits per heavy atom. The van der Waals surface area contributed by atoms with Crippen molar-refractivity contribution in [3.8, 4) is 0 Å². The van der Waals surface area contributed by atoms with Crippen LogP contribution in [0.2, 0.25) is 0 Å². The molecule has 0 spiro atoms. The van der Waals surface area contributed by atoms with Crippen LogP contribution >= 0.6 is 11.8 Å². The lowest BCUT2D eigenvalue weighted by Gasteiger charge is -2.19. The quantitative estimate of drug-likeness (QED) is 0.538. The number of rotatable bonds is 7. The summed E-state index contributed by atoms with van der Waals surface area (Å²) in [7, 11) is 0. The fraction of sp³-hybridized carbons (Fsp3) is 0.261. The van der Waals surface area contributed by atoms with Gasteiger partial charge in [0.1, 0.15) is 5.25 Å². The van der Waals surface area contributed by atoms with Crippen molar-refractivity contribution in [3.63, 3.8) is 0 Å². The van der Waals surface area contributed by atoms with E-state index in [9.17, 15) is 19.2 Å². The van der Waals surface area contributed by atoms with E-state index in [1.165, 1.54) is 17.8 Å². The van der Waals surface area contributed by atoms with Gasteiger partial charge in [-0.1, -0.05) is 36.0 Å². The summed E-state index contributed by atoms with van der Waals surface area (Å²) in [5.41, 5.74) is 5.76. The van der Waals surface area contributed by atoms with Gasteiger partial charge >= 0.3 is 0 Å². The van der Waals surface area contributed by atoms with E-state index in [4.69, 9.17) is 0 Å². The molecule has 3 N–H and O–H groups in total. The van der Waals surface area contributed by atoms with Crippen molar-refractivity contribution in [1.29, 1.82) is 0 Å². The Kier molecular flexibility index (Phi) is 8.20. The van der Waals surface area contributed by atoms with Gasteiger partial charge in [0.2, 0.25) is 5.91 Å². The van der Waals surface area contributed by atoms with Gasteiger partial charge in [0.25, 0.3) is 17.7 Å². The van der Waals surface area contributed by atoms with Crippen molar-refractivity contribution in [2.75, 3.05) is 18.4 Å². The Hall–Kier alpha value is -3.66. The smallest absolute Gasteiger partial charge is 0.269 e. The molecular formula is C23H25N5O4S. The summed E-state index contributed by atoms with van der Waals surface area (Å²) in [6.07, 6.45) is -0.0265. The number of hydrogen-bond donors (Lipinski definition) is 3. The summed E-state index contributed by atoms with van der Waals surface area (Å²) >= 11 is 1.29. The summed E-state index contributed by atoms with van der Waals surface area (Å²) in [5, 5.41) is 2.78. The van der Waals surface area contributed by atoms with E-state index in [0.29, 0.717) is 16.4 Å². The lowest BCUT2D eigenvalue weighted by atomic mass is 10.2. The van der Waals surface area contributed by atoms with E-state index in [1.54, 1.807) is 48.5 Å². The minimum Gasteiger partial charge on any atom is -0.352 e. The van der Waals surface area contributed by atoms with Gasteiger partial charge in [-0.05, 0) is 44.2 Å². The van der Waals surface area contributed by atoms with Gasteiger partial charge in [-0.2, -0.15) is 4.99 Å². The Labute approximate surface area is 196 Å². The minimum absolute atomic E-state index is 0.0265. The number of carbonyl (C=O) groups excluding carboxylic acids is 4. The highest BCUT2D eigenvalue weighted by Gasteiger charge is 2.32. The fourth-order valence-corrected chi connectivity index (χ4v) is 4.30. The number of nitrogens with one attached hydrogen (secondary N) is 3. The van der Waals surface area contributed by atoms with Crippen LogP contribution in [0.4, 0.5) is 5.69 Å². The molecule has 1 atom stereocenters. The Bertz CT molecular complexity index is 1070. The molecule has 0 radical (unpaired) electrons. The molecule has 0 aromatic heterocycles. The number of thioether (sulfide) groups is 1. The van der Waals surface area contributed by atoms with Gasteiger partial charge in [-0.25, -0.2) is 0 Å². The zero-order valence-electron chi connectivity index (χ0n) is 18.3. The highest BCUT2D eigenvalue weighted by molar-refractivity contribution is 8.15. The first kappa shape index (κ1) is 24.0. The number of benzene rings is 2. The van der Waals surface area contributed by atoms with Crippen LogP contribution in [0, 0.1) is 0 Å². The second-order valence-electron chi connectivity index (χ2n) is 7.12. The highest BCUT2D eigenvalue weighted by Crippen LogP contribution is 2.27. The number of nitrogens with zero attached hydrogens (tertiary/aromatic N) is 2. The summed E-state index contributed by atoms with van der Waals surface area (Å²) in [6, 6.07) is 14.8. The number of amidine groups is 1. The monoisotopic (exact) mass is 467 g/mol. The van der Waals surface area contributed by atoms with E-state index in [1.807, 2.05) is 18.7 Å². The Balaban J connectivity index is 1.53. The molecule has 172 valence electrons. The molecule has 0 saturated carbocycles. The zero-order valence-corrected chi connectivity index (χ0v) is 19.1. The third-order valence-electron chi connectivity index (χ3n) is 4.87. The van der Waals surface area contributed by atoms with Crippen LogP contribution in [-0.2, 0) is 9.59 Å². The van der Waals surface area contributed by atoms with Crippen LogP contribution < -0.4 is 16.2 Å². The Morgan fingerprint density at radius 2 is 1.58 bits per heavy atom. The third-order valence-corrected chi connectivity index (χ3v) is 6.08. The number of anilines is 1. The maximum Gasteiger partial charge on any atom is 0.269 e. The summed E-state index contributed by atoms with van der Waals surface area (Å²) in [5.74, 6) is -1.65. The average Bonchev–Trinajstić information content (AvgIpc) is 3.18. The van der Waals surface area contributed by atoms with E-state index in [0.717, 1.165) is 13.1 Å². The summed E-state index contributed by atoms with van der Waals surface area (Å²) < 4.78 is 0. The van der Waals surface area contributed by atoms with Crippen LogP contribution in [0.1, 0.15) is 41.0 Å². The number of carbonyl (C=O) groups is 4. The minimum atomic E-state index is -0.569. The number of hydrazine groups is 1. The molecule has 1 aliphatic rings. The molecule has 0 aliphatic carbocycles. The van der Waals surface area contributed by atoms with Gasteiger partial charge < -0.3 is 10.2 Å². The van der Waals surface area contributed by atoms with Gasteiger partial charge in [0, 0.05) is 36.3 Å². The second kappa shape index (κ2) is 11.3. The van der Waals surface area contributed by atoms with Crippen LogP contribution in [0.15, 0.2) is 59.6 Å². The maximum absolute atomic E-state index is 12.5. The van der Waals surface area contributed by atoms with Gasteiger partial charge in [-0.3, -0.25) is 30.0 Å². The van der Waals surface area contributed by atoms with E-state index in [2.05, 4.69) is 21.2 Å². The van der Waals surface area contributed by atoms with Crippen molar-refractivity contribution in [3.05, 3.63) is 65.7 Å². The maximum atomic E-state index is 12.5. The number of hydrogen-bond acceptors (Lipinski definition) is 6. The molecule has 2 aromatic rings. The largest absolute Gasteiger partial charge is 0.352 e. The van der Waals surface area contributed by atoms with E-state index < -0.39 is 17.1 Å². The molecule has 0 unspecified atom stereocenters. The molecule has 2 aromatic carbocycles. The average molecular weight is 468 g/mol. The first-order valence-electron chi connectivity index (χ1n) is 10.5. The molecule has 0 saturated heterocycles.